The van der Waals surface area contributed by atoms with Crippen molar-refractivity contribution in [1.82, 2.24) is 9.88 Å². The molecule has 1 fully saturated rings. The fraction of sp³-hybridized carbons (Fsp3) is 0.160. The number of urea groups is 1. The number of nitrogens with one attached hydrogen (secondary N) is 1. The van der Waals surface area contributed by atoms with Crippen LogP contribution in [0.15, 0.2) is 54.1 Å². The summed E-state index contributed by atoms with van der Waals surface area (Å²) >= 11 is 6.18. The smallest absolute Gasteiger partial charge is 0.318 e. The number of barbiturate groups is 1. The maximum absolute atomic E-state index is 13.2. The molecule has 1 saturated heterocycles. The molecule has 2 heterocycles. The van der Waals surface area contributed by atoms with E-state index in [2.05, 4.69) is 9.88 Å². The second-order valence-corrected chi connectivity index (χ2v) is 8.30. The van der Waals surface area contributed by atoms with Crippen LogP contribution in [0.5, 0.6) is 0 Å². The van der Waals surface area contributed by atoms with Gasteiger partial charge in [0.05, 0.1) is 5.69 Å². The molecule has 0 unspecified atom stereocenters. The Bertz CT molecular complexity index is 1300. The molecule has 1 N–H and O–H groups in total. The van der Waals surface area contributed by atoms with Crippen LogP contribution in [0.2, 0.25) is 5.02 Å². The molecule has 0 radical (unpaired) electrons. The van der Waals surface area contributed by atoms with Gasteiger partial charge < -0.3 is 4.57 Å². The van der Waals surface area contributed by atoms with E-state index in [0.29, 0.717) is 10.7 Å². The van der Waals surface area contributed by atoms with E-state index in [-0.39, 0.29) is 5.57 Å². The number of carbonyl (C=O) groups is 3. The number of aromatic nitrogens is 1. The first-order chi connectivity index (χ1) is 15.2. The highest BCUT2D eigenvalue weighted by molar-refractivity contribution is 6.39. The highest BCUT2D eigenvalue weighted by Crippen LogP contribution is 2.28. The van der Waals surface area contributed by atoms with Crippen LogP contribution in [0.25, 0.3) is 11.8 Å². The number of hydrogen-bond donors (Lipinski definition) is 1. The van der Waals surface area contributed by atoms with Gasteiger partial charge in [0.25, 0.3) is 11.8 Å². The third-order valence-corrected chi connectivity index (χ3v) is 5.98. The van der Waals surface area contributed by atoms with Crippen LogP contribution in [0, 0.1) is 27.7 Å². The van der Waals surface area contributed by atoms with E-state index < -0.39 is 17.8 Å². The number of carbonyl (C=O) groups excluding carboxylic acids is 3. The van der Waals surface area contributed by atoms with E-state index in [0.717, 1.165) is 38.7 Å². The zero-order chi connectivity index (χ0) is 23.2. The zero-order valence-corrected chi connectivity index (χ0v) is 18.9. The lowest BCUT2D eigenvalue weighted by atomic mass is 10.1. The maximum Gasteiger partial charge on any atom is 0.335 e. The highest BCUT2D eigenvalue weighted by Gasteiger charge is 2.37. The van der Waals surface area contributed by atoms with Crippen molar-refractivity contribution in [3.63, 3.8) is 0 Å². The van der Waals surface area contributed by atoms with Crippen LogP contribution in [0.4, 0.5) is 10.5 Å². The van der Waals surface area contributed by atoms with Gasteiger partial charge in [0.2, 0.25) is 0 Å². The lowest BCUT2D eigenvalue weighted by molar-refractivity contribution is -0.122. The third kappa shape index (κ3) is 3.74. The molecule has 3 aromatic rings. The summed E-state index contributed by atoms with van der Waals surface area (Å²) < 4.78 is 2.06. The van der Waals surface area contributed by atoms with Crippen molar-refractivity contribution in [2.75, 3.05) is 4.90 Å². The first-order valence-electron chi connectivity index (χ1n) is 10.1. The van der Waals surface area contributed by atoms with Gasteiger partial charge in [-0.2, -0.15) is 0 Å². The average molecular weight is 448 g/mol. The summed E-state index contributed by atoms with van der Waals surface area (Å²) in [5.41, 5.74) is 5.69. The fourth-order valence-electron chi connectivity index (χ4n) is 3.79. The Morgan fingerprint density at radius 2 is 1.53 bits per heavy atom. The Labute approximate surface area is 191 Å². The molecule has 0 bridgehead atoms. The topological polar surface area (TPSA) is 71.4 Å². The number of amides is 4. The summed E-state index contributed by atoms with van der Waals surface area (Å²) in [6.45, 7) is 7.73. The lowest BCUT2D eigenvalue weighted by Gasteiger charge is -2.26. The lowest BCUT2D eigenvalue weighted by Crippen LogP contribution is -2.54. The average Bonchev–Trinajstić information content (AvgIpc) is 3.01. The van der Waals surface area contributed by atoms with Gasteiger partial charge in [-0.25, -0.2) is 9.69 Å². The number of rotatable bonds is 3. The van der Waals surface area contributed by atoms with Gasteiger partial charge in [-0.05, 0) is 75.2 Å². The molecule has 1 aliphatic rings. The number of benzene rings is 2. The first kappa shape index (κ1) is 21.6. The Kier molecular flexibility index (Phi) is 5.48. The van der Waals surface area contributed by atoms with Crippen LogP contribution in [0.3, 0.4) is 0 Å². The molecule has 4 rings (SSSR count). The molecule has 1 aromatic heterocycles. The van der Waals surface area contributed by atoms with Crippen molar-refractivity contribution < 1.29 is 14.4 Å². The number of imide groups is 2. The van der Waals surface area contributed by atoms with Crippen molar-refractivity contribution in [2.45, 2.75) is 27.7 Å². The molecular formula is C25H22ClN3O3. The number of halogens is 1. The fourth-order valence-corrected chi connectivity index (χ4v) is 3.97. The van der Waals surface area contributed by atoms with Gasteiger partial charge in [0.1, 0.15) is 5.57 Å². The quantitative estimate of drug-likeness (QED) is 0.452. The minimum atomic E-state index is -0.804. The number of anilines is 1. The minimum absolute atomic E-state index is 0.120. The summed E-state index contributed by atoms with van der Waals surface area (Å²) in [6, 6.07) is 14.1. The monoisotopic (exact) mass is 447 g/mol. The number of aryl methyl sites for hydroxylation is 3. The largest absolute Gasteiger partial charge is 0.335 e. The summed E-state index contributed by atoms with van der Waals surface area (Å²) in [6.07, 6.45) is 1.53. The maximum atomic E-state index is 13.2. The molecule has 0 saturated carbocycles. The molecule has 7 heteroatoms. The second kappa shape index (κ2) is 8.13. The number of hydrogen-bond acceptors (Lipinski definition) is 3. The van der Waals surface area contributed by atoms with Crippen molar-refractivity contribution in [3.8, 4) is 5.69 Å². The van der Waals surface area contributed by atoms with Gasteiger partial charge in [-0.15, -0.1) is 0 Å². The summed E-state index contributed by atoms with van der Waals surface area (Å²) in [7, 11) is 0. The molecule has 2 aromatic carbocycles. The van der Waals surface area contributed by atoms with E-state index in [4.69, 9.17) is 11.6 Å². The SMILES string of the molecule is Cc1ccc(-n2c(C)cc(C=C3C(=O)NC(=O)N(c4ccc(C)c(Cl)c4)C3=O)c2C)cc1. The Balaban J connectivity index is 1.76. The van der Waals surface area contributed by atoms with Crippen LogP contribution in [0.1, 0.15) is 28.1 Å². The van der Waals surface area contributed by atoms with Crippen LogP contribution in [-0.4, -0.2) is 22.4 Å². The third-order valence-electron chi connectivity index (χ3n) is 5.58. The van der Waals surface area contributed by atoms with Gasteiger partial charge in [0, 0.05) is 22.1 Å². The Morgan fingerprint density at radius 3 is 2.19 bits per heavy atom. The Morgan fingerprint density at radius 1 is 0.875 bits per heavy atom. The van der Waals surface area contributed by atoms with Gasteiger partial charge >= 0.3 is 6.03 Å². The molecule has 32 heavy (non-hydrogen) atoms. The van der Waals surface area contributed by atoms with E-state index in [1.165, 1.54) is 12.1 Å². The van der Waals surface area contributed by atoms with Gasteiger partial charge in [-0.3, -0.25) is 14.9 Å². The molecule has 1 aliphatic heterocycles. The Hall–Kier alpha value is -3.64. The van der Waals surface area contributed by atoms with Crippen molar-refractivity contribution in [1.29, 1.82) is 0 Å². The van der Waals surface area contributed by atoms with Crippen LogP contribution in [-0.2, 0) is 9.59 Å². The molecule has 0 atom stereocenters. The highest BCUT2D eigenvalue weighted by atomic mass is 35.5. The van der Waals surface area contributed by atoms with Crippen LogP contribution < -0.4 is 10.2 Å². The molecule has 162 valence electrons. The standard InChI is InChI=1S/C25H22ClN3O3/c1-14-5-8-19(9-6-14)28-16(3)11-18(17(28)4)12-21-23(30)27-25(32)29(24(21)31)20-10-7-15(2)22(26)13-20/h5-13H,1-4H3,(H,27,30,32). The predicted molar refractivity (Wildman–Crippen MR) is 125 cm³/mol. The first-order valence-corrected chi connectivity index (χ1v) is 10.5. The summed E-state index contributed by atoms with van der Waals surface area (Å²) in [5.74, 6) is -1.42. The van der Waals surface area contributed by atoms with Crippen molar-refractivity contribution in [3.05, 3.63) is 87.2 Å². The van der Waals surface area contributed by atoms with E-state index in [1.54, 1.807) is 12.1 Å². The van der Waals surface area contributed by atoms with Crippen molar-refractivity contribution in [2.24, 2.45) is 0 Å². The second-order valence-electron chi connectivity index (χ2n) is 7.89. The van der Waals surface area contributed by atoms with Gasteiger partial charge in [0.15, 0.2) is 0 Å². The molecule has 6 nitrogen and oxygen atoms in total. The molecule has 0 aliphatic carbocycles. The molecule has 4 amide bonds. The zero-order valence-electron chi connectivity index (χ0n) is 18.2. The normalized spacial score (nSPS) is 15.5. The van der Waals surface area contributed by atoms with Crippen LogP contribution >= 0.6 is 11.6 Å². The molecule has 0 spiro atoms. The van der Waals surface area contributed by atoms with E-state index >= 15 is 0 Å². The van der Waals surface area contributed by atoms with Gasteiger partial charge in [-0.1, -0.05) is 35.4 Å². The summed E-state index contributed by atoms with van der Waals surface area (Å²) in [5, 5.41) is 2.67. The summed E-state index contributed by atoms with van der Waals surface area (Å²) in [4.78, 5) is 39.1. The van der Waals surface area contributed by atoms with E-state index in [9.17, 15) is 14.4 Å². The van der Waals surface area contributed by atoms with Crippen molar-refractivity contribution >= 4 is 41.2 Å². The minimum Gasteiger partial charge on any atom is -0.318 e. The van der Waals surface area contributed by atoms with E-state index in [1.807, 2.05) is 58.0 Å². The predicted octanol–water partition coefficient (Wildman–Crippen LogP) is 5.03. The molecular weight excluding hydrogens is 426 g/mol. The number of nitrogens with zero attached hydrogens (tertiary/aromatic N) is 2.